The molecule has 1 aromatic heterocycles. The summed E-state index contributed by atoms with van der Waals surface area (Å²) in [6, 6.07) is 23.6. The molecule has 0 radical (unpaired) electrons. The topological polar surface area (TPSA) is 74.9 Å². The molecule has 0 saturated carbocycles. The Morgan fingerprint density at radius 1 is 0.919 bits per heavy atom. The average molecular weight is 496 g/mol. The zero-order valence-electron chi connectivity index (χ0n) is 21.2. The van der Waals surface area contributed by atoms with E-state index in [0.29, 0.717) is 18.8 Å². The molecule has 1 fully saturated rings. The molecule has 0 bridgehead atoms. The quantitative estimate of drug-likeness (QED) is 0.445. The van der Waals surface area contributed by atoms with Gasteiger partial charge in [0.2, 0.25) is 5.91 Å². The average Bonchev–Trinajstić information content (AvgIpc) is 3.33. The van der Waals surface area contributed by atoms with Gasteiger partial charge in [-0.1, -0.05) is 54.6 Å². The fraction of sp³-hybridized carbons (Fsp3) is 0.267. The molecule has 0 aliphatic carbocycles. The maximum absolute atomic E-state index is 14.3. The molecule has 1 unspecified atom stereocenters. The predicted octanol–water partition coefficient (Wildman–Crippen LogP) is 4.42. The van der Waals surface area contributed by atoms with Crippen LogP contribution in [0.5, 0.6) is 11.5 Å². The summed E-state index contributed by atoms with van der Waals surface area (Å²) in [4.78, 5) is 35.0. The van der Waals surface area contributed by atoms with Gasteiger partial charge in [0.25, 0.3) is 5.91 Å². The van der Waals surface area contributed by atoms with E-state index >= 15 is 0 Å². The molecule has 2 aliphatic heterocycles. The van der Waals surface area contributed by atoms with Crippen LogP contribution in [0.4, 0.5) is 0 Å². The van der Waals surface area contributed by atoms with Gasteiger partial charge in [0.1, 0.15) is 18.0 Å². The van der Waals surface area contributed by atoms with Crippen LogP contribution in [-0.2, 0) is 21.7 Å². The van der Waals surface area contributed by atoms with Crippen molar-refractivity contribution >= 4 is 22.7 Å². The summed E-state index contributed by atoms with van der Waals surface area (Å²) in [5.74, 6) is 1.13. The first kappa shape index (κ1) is 23.2. The number of nitrogens with zero attached hydrogens (tertiary/aromatic N) is 2. The third-order valence-corrected chi connectivity index (χ3v) is 7.89. The minimum Gasteiger partial charge on any atom is -0.496 e. The fourth-order valence-electron chi connectivity index (χ4n) is 6.08. The van der Waals surface area contributed by atoms with E-state index in [9.17, 15) is 9.59 Å². The van der Waals surface area contributed by atoms with Gasteiger partial charge in [-0.2, -0.15) is 0 Å². The SMILES string of the molecule is COc1ccccc1CN1CC(=O)N2CC(c3ccccc3OC)c3c([nH]c4ccccc34)[C@@]2(C)C1=O. The summed E-state index contributed by atoms with van der Waals surface area (Å²) < 4.78 is 11.2. The zero-order valence-corrected chi connectivity index (χ0v) is 21.2. The lowest BCUT2D eigenvalue weighted by Gasteiger charge is -2.51. The summed E-state index contributed by atoms with van der Waals surface area (Å²) in [6.45, 7) is 2.57. The van der Waals surface area contributed by atoms with E-state index in [-0.39, 0.29) is 24.3 Å². The Labute approximate surface area is 215 Å². The lowest BCUT2D eigenvalue weighted by Crippen LogP contribution is -2.67. The van der Waals surface area contributed by atoms with Gasteiger partial charge in [-0.15, -0.1) is 0 Å². The molecular formula is C30H29N3O4. The third kappa shape index (κ3) is 3.41. The zero-order chi connectivity index (χ0) is 25.7. The monoisotopic (exact) mass is 495 g/mol. The highest BCUT2D eigenvalue weighted by molar-refractivity contribution is 6.01. The summed E-state index contributed by atoms with van der Waals surface area (Å²) >= 11 is 0. The molecule has 188 valence electrons. The van der Waals surface area contributed by atoms with E-state index in [1.54, 1.807) is 24.0 Å². The molecule has 0 spiro atoms. The van der Waals surface area contributed by atoms with E-state index in [1.807, 2.05) is 73.7 Å². The minimum absolute atomic E-state index is 0.0146. The first-order valence-electron chi connectivity index (χ1n) is 12.4. The van der Waals surface area contributed by atoms with Gasteiger partial charge in [0.05, 0.1) is 19.9 Å². The molecule has 2 amide bonds. The Morgan fingerprint density at radius 2 is 1.59 bits per heavy atom. The molecule has 37 heavy (non-hydrogen) atoms. The number of hydrogen-bond acceptors (Lipinski definition) is 4. The maximum Gasteiger partial charge on any atom is 0.255 e. The van der Waals surface area contributed by atoms with Gasteiger partial charge in [0.15, 0.2) is 5.54 Å². The van der Waals surface area contributed by atoms with Crippen LogP contribution in [0.3, 0.4) is 0 Å². The van der Waals surface area contributed by atoms with Gasteiger partial charge in [-0.3, -0.25) is 9.59 Å². The highest BCUT2D eigenvalue weighted by Gasteiger charge is 2.56. The molecule has 3 heterocycles. The van der Waals surface area contributed by atoms with Crippen molar-refractivity contribution in [3.63, 3.8) is 0 Å². The highest BCUT2D eigenvalue weighted by atomic mass is 16.5. The lowest BCUT2D eigenvalue weighted by atomic mass is 9.76. The molecule has 1 saturated heterocycles. The summed E-state index contributed by atoms with van der Waals surface area (Å²) in [6.07, 6.45) is 0. The van der Waals surface area contributed by atoms with Crippen molar-refractivity contribution < 1.29 is 19.1 Å². The van der Waals surface area contributed by atoms with E-state index in [4.69, 9.17) is 9.47 Å². The summed E-state index contributed by atoms with van der Waals surface area (Å²) in [5.41, 5.74) is 3.44. The van der Waals surface area contributed by atoms with Crippen LogP contribution in [0.1, 0.15) is 35.2 Å². The maximum atomic E-state index is 14.3. The van der Waals surface area contributed by atoms with Gasteiger partial charge in [-0.05, 0) is 30.7 Å². The largest absolute Gasteiger partial charge is 0.496 e. The van der Waals surface area contributed by atoms with Gasteiger partial charge >= 0.3 is 0 Å². The summed E-state index contributed by atoms with van der Waals surface area (Å²) in [5, 5.41) is 1.05. The number of amides is 2. The van der Waals surface area contributed by atoms with Crippen molar-refractivity contribution in [2.24, 2.45) is 0 Å². The number of piperazine rings is 1. The molecule has 6 rings (SSSR count). The third-order valence-electron chi connectivity index (χ3n) is 7.89. The van der Waals surface area contributed by atoms with Crippen molar-refractivity contribution in [1.29, 1.82) is 0 Å². The number of para-hydroxylation sites is 3. The first-order chi connectivity index (χ1) is 18.0. The van der Waals surface area contributed by atoms with Crippen LogP contribution in [-0.4, -0.2) is 53.9 Å². The van der Waals surface area contributed by atoms with E-state index in [2.05, 4.69) is 11.1 Å². The normalized spacial score (nSPS) is 21.1. The second-order valence-corrected chi connectivity index (χ2v) is 9.80. The lowest BCUT2D eigenvalue weighted by molar-refractivity contribution is -0.167. The van der Waals surface area contributed by atoms with Crippen LogP contribution in [0.2, 0.25) is 0 Å². The van der Waals surface area contributed by atoms with Crippen molar-refractivity contribution in [1.82, 2.24) is 14.8 Å². The van der Waals surface area contributed by atoms with E-state index in [0.717, 1.165) is 39.0 Å². The van der Waals surface area contributed by atoms with E-state index < -0.39 is 5.54 Å². The molecule has 7 nitrogen and oxygen atoms in total. The van der Waals surface area contributed by atoms with Crippen molar-refractivity contribution in [3.8, 4) is 11.5 Å². The fourth-order valence-corrected chi connectivity index (χ4v) is 6.08. The highest BCUT2D eigenvalue weighted by Crippen LogP contribution is 2.49. The molecular weight excluding hydrogens is 466 g/mol. The second kappa shape index (κ2) is 8.69. The minimum atomic E-state index is -1.16. The van der Waals surface area contributed by atoms with Gasteiger partial charge < -0.3 is 24.3 Å². The first-order valence-corrected chi connectivity index (χ1v) is 12.4. The Hall–Kier alpha value is -4.26. The number of methoxy groups -OCH3 is 2. The number of carbonyl (C=O) groups excluding carboxylic acids is 2. The number of hydrogen-bond donors (Lipinski definition) is 1. The molecule has 2 atom stereocenters. The number of aromatic amines is 1. The van der Waals surface area contributed by atoms with Crippen molar-refractivity contribution in [3.05, 3.63) is 95.2 Å². The molecule has 7 heteroatoms. The predicted molar refractivity (Wildman–Crippen MR) is 141 cm³/mol. The van der Waals surface area contributed by atoms with Crippen molar-refractivity contribution in [2.45, 2.75) is 24.9 Å². The standard InChI is InChI=1S/C30H29N3O4/c1-30-28-27(21-12-5-7-13-23(21)31-28)22(20-11-6-9-15-25(20)37-3)17-33(30)26(34)18-32(29(30)35)16-19-10-4-8-14-24(19)36-2/h4-15,22,31H,16-18H2,1-3H3/t22?,30-/m0/s1. The number of fused-ring (bicyclic) bond motifs is 5. The second-order valence-electron chi connectivity index (χ2n) is 9.80. The number of aromatic nitrogens is 1. The van der Waals surface area contributed by atoms with Crippen LogP contribution < -0.4 is 9.47 Å². The Kier molecular flexibility index (Phi) is 5.44. The molecule has 4 aromatic rings. The van der Waals surface area contributed by atoms with Crippen molar-refractivity contribution in [2.75, 3.05) is 27.3 Å². The van der Waals surface area contributed by atoms with Crippen LogP contribution in [0.15, 0.2) is 72.8 Å². The number of rotatable bonds is 5. The van der Waals surface area contributed by atoms with Crippen LogP contribution >= 0.6 is 0 Å². The smallest absolute Gasteiger partial charge is 0.255 e. The number of ether oxygens (including phenoxy) is 2. The number of nitrogens with one attached hydrogen (secondary N) is 1. The molecule has 3 aromatic carbocycles. The number of H-pyrrole nitrogens is 1. The Morgan fingerprint density at radius 3 is 2.38 bits per heavy atom. The number of carbonyl (C=O) groups is 2. The Balaban J connectivity index is 1.51. The Bertz CT molecular complexity index is 1530. The summed E-state index contributed by atoms with van der Waals surface area (Å²) in [7, 11) is 3.27. The molecule has 1 N–H and O–H groups in total. The number of benzene rings is 3. The molecule has 2 aliphatic rings. The van der Waals surface area contributed by atoms with E-state index in [1.165, 1.54) is 0 Å². The van der Waals surface area contributed by atoms with Crippen LogP contribution in [0, 0.1) is 0 Å². The van der Waals surface area contributed by atoms with Gasteiger partial charge in [-0.25, -0.2) is 0 Å². The van der Waals surface area contributed by atoms with Gasteiger partial charge in [0, 0.05) is 41.0 Å². The van der Waals surface area contributed by atoms with Crippen LogP contribution in [0.25, 0.3) is 10.9 Å².